The summed E-state index contributed by atoms with van der Waals surface area (Å²) in [4.78, 5) is 60.8. The van der Waals surface area contributed by atoms with Crippen molar-refractivity contribution in [2.24, 2.45) is 5.73 Å². The Kier molecular flexibility index (Phi) is 22.5. The number of carbonyl (C=O) groups is 5. The number of ether oxygens (including phenoxy) is 5. The van der Waals surface area contributed by atoms with Gasteiger partial charge in [0.05, 0.1) is 32.8 Å². The Morgan fingerprint density at radius 3 is 2.13 bits per heavy atom. The molecule has 15 nitrogen and oxygen atoms in total. The van der Waals surface area contributed by atoms with Gasteiger partial charge in [0, 0.05) is 44.0 Å². The minimum absolute atomic E-state index is 0.0349. The van der Waals surface area contributed by atoms with Crippen molar-refractivity contribution >= 4 is 41.7 Å². The minimum Gasteiger partial charge on any atom is -0.461 e. The quantitative estimate of drug-likeness (QED) is 0.0687. The standard InChI is InChI=1S/C36H59N5O10S/c1-36(2,3)51-35(46)41-29(25-32(43)50-26-27-11-5-4-6-12-27)33(44)39-17-10-19-48-21-23-49-22-20-47-18-9-16-38-31(42)14-8-7-13-30-28(15-24-52-30)40-34(37)45/h4-6,11-12,28-30H,7-10,13-26H2,1-3H3,(H,38,42)(H,39,44)(H,41,46)(H3,37,40,45)/t28-,29+,30-/m0/s1. The van der Waals surface area contributed by atoms with Crippen LogP contribution < -0.4 is 27.0 Å². The van der Waals surface area contributed by atoms with Crippen LogP contribution in [-0.2, 0) is 44.7 Å². The first kappa shape index (κ1) is 44.6. The molecule has 6 N–H and O–H groups in total. The zero-order valence-electron chi connectivity index (χ0n) is 30.9. The predicted octanol–water partition coefficient (Wildman–Crippen LogP) is 3.18. The Bertz CT molecular complexity index is 1200. The molecule has 1 heterocycles. The van der Waals surface area contributed by atoms with Crippen LogP contribution in [0, 0.1) is 0 Å². The Balaban J connectivity index is 1.45. The van der Waals surface area contributed by atoms with Gasteiger partial charge in [-0.25, -0.2) is 9.59 Å². The third kappa shape index (κ3) is 22.4. The topological polar surface area (TPSA) is 206 Å². The molecule has 0 spiro atoms. The lowest BCUT2D eigenvalue weighted by atomic mass is 10.0. The molecule has 1 fully saturated rings. The van der Waals surface area contributed by atoms with Crippen molar-refractivity contribution in [3.05, 3.63) is 35.9 Å². The Hall–Kier alpha value is -3.60. The summed E-state index contributed by atoms with van der Waals surface area (Å²) in [6, 6.07) is 7.63. The van der Waals surface area contributed by atoms with Crippen molar-refractivity contribution in [1.29, 1.82) is 0 Å². The van der Waals surface area contributed by atoms with Gasteiger partial charge in [-0.05, 0) is 64.2 Å². The zero-order valence-corrected chi connectivity index (χ0v) is 31.7. The van der Waals surface area contributed by atoms with Crippen LogP contribution in [0.3, 0.4) is 0 Å². The zero-order chi connectivity index (χ0) is 38.0. The van der Waals surface area contributed by atoms with E-state index < -0.39 is 35.6 Å². The number of rotatable bonds is 26. The first-order valence-electron chi connectivity index (χ1n) is 18.1. The van der Waals surface area contributed by atoms with E-state index >= 15 is 0 Å². The summed E-state index contributed by atoms with van der Waals surface area (Å²) in [6.07, 6.45) is 4.18. The first-order chi connectivity index (χ1) is 24.9. The highest BCUT2D eigenvalue weighted by Gasteiger charge is 2.29. The molecular weight excluding hydrogens is 694 g/mol. The van der Waals surface area contributed by atoms with Gasteiger partial charge in [-0.1, -0.05) is 36.8 Å². The van der Waals surface area contributed by atoms with Gasteiger partial charge in [0.15, 0.2) is 0 Å². The van der Waals surface area contributed by atoms with E-state index in [-0.39, 0.29) is 31.5 Å². The van der Waals surface area contributed by atoms with Gasteiger partial charge in [-0.2, -0.15) is 11.8 Å². The van der Waals surface area contributed by atoms with E-state index in [1.54, 1.807) is 20.8 Å². The Morgan fingerprint density at radius 2 is 1.50 bits per heavy atom. The van der Waals surface area contributed by atoms with E-state index in [4.69, 9.17) is 29.4 Å². The fourth-order valence-electron chi connectivity index (χ4n) is 5.08. The van der Waals surface area contributed by atoms with E-state index in [9.17, 15) is 24.0 Å². The summed E-state index contributed by atoms with van der Waals surface area (Å²) in [7, 11) is 0. The molecule has 3 atom stereocenters. The van der Waals surface area contributed by atoms with Crippen LogP contribution in [-0.4, -0.2) is 111 Å². The molecule has 0 unspecified atom stereocenters. The van der Waals surface area contributed by atoms with Crippen molar-refractivity contribution in [3.8, 4) is 0 Å². The van der Waals surface area contributed by atoms with Crippen LogP contribution in [0.5, 0.6) is 0 Å². The normalized spacial score (nSPS) is 16.1. The highest BCUT2D eigenvalue weighted by Crippen LogP contribution is 2.30. The molecule has 0 bridgehead atoms. The van der Waals surface area contributed by atoms with E-state index in [2.05, 4.69) is 21.3 Å². The number of nitrogens with two attached hydrogens (primary N) is 1. The number of thioether (sulfide) groups is 1. The number of carbonyl (C=O) groups excluding carboxylic acids is 5. The van der Waals surface area contributed by atoms with Crippen LogP contribution in [0.4, 0.5) is 9.59 Å². The highest BCUT2D eigenvalue weighted by molar-refractivity contribution is 8.00. The number of unbranched alkanes of at least 4 members (excludes halogenated alkanes) is 1. The minimum atomic E-state index is -1.17. The number of esters is 1. The Labute approximate surface area is 311 Å². The summed E-state index contributed by atoms with van der Waals surface area (Å²) >= 11 is 1.85. The molecule has 0 radical (unpaired) electrons. The summed E-state index contributed by atoms with van der Waals surface area (Å²) in [6.45, 7) is 8.50. The van der Waals surface area contributed by atoms with Gasteiger partial charge in [0.25, 0.3) is 0 Å². The molecule has 1 saturated heterocycles. The molecule has 1 aromatic carbocycles. The van der Waals surface area contributed by atoms with Crippen LogP contribution >= 0.6 is 11.8 Å². The number of amides is 5. The van der Waals surface area contributed by atoms with E-state index in [1.807, 2.05) is 42.1 Å². The molecular formula is C36H59N5O10S. The third-order valence-electron chi connectivity index (χ3n) is 7.60. The second-order valence-electron chi connectivity index (χ2n) is 13.3. The smallest absolute Gasteiger partial charge is 0.408 e. The van der Waals surface area contributed by atoms with Gasteiger partial charge in [0.1, 0.15) is 18.2 Å². The fourth-order valence-corrected chi connectivity index (χ4v) is 6.54. The number of hydrogen-bond donors (Lipinski definition) is 5. The average molecular weight is 754 g/mol. The van der Waals surface area contributed by atoms with Gasteiger partial charge in [-0.3, -0.25) is 14.4 Å². The lowest BCUT2D eigenvalue weighted by Gasteiger charge is -2.23. The molecule has 1 aromatic rings. The van der Waals surface area contributed by atoms with Crippen molar-refractivity contribution in [2.45, 2.75) is 102 Å². The third-order valence-corrected chi connectivity index (χ3v) is 9.06. The molecule has 5 amide bonds. The monoisotopic (exact) mass is 753 g/mol. The first-order valence-corrected chi connectivity index (χ1v) is 19.1. The van der Waals surface area contributed by atoms with Gasteiger partial charge in [-0.15, -0.1) is 0 Å². The van der Waals surface area contributed by atoms with E-state index in [0.29, 0.717) is 70.7 Å². The fraction of sp³-hybridized carbons (Fsp3) is 0.694. The van der Waals surface area contributed by atoms with Crippen LogP contribution in [0.15, 0.2) is 30.3 Å². The molecule has 1 aliphatic heterocycles. The predicted molar refractivity (Wildman–Crippen MR) is 198 cm³/mol. The number of nitrogens with one attached hydrogen (secondary N) is 4. The lowest BCUT2D eigenvalue weighted by molar-refractivity contribution is -0.147. The van der Waals surface area contributed by atoms with Gasteiger partial charge in [0.2, 0.25) is 11.8 Å². The van der Waals surface area contributed by atoms with Crippen molar-refractivity contribution in [3.63, 3.8) is 0 Å². The van der Waals surface area contributed by atoms with Crippen LogP contribution in [0.2, 0.25) is 0 Å². The summed E-state index contributed by atoms with van der Waals surface area (Å²) in [5.41, 5.74) is 5.28. The van der Waals surface area contributed by atoms with Gasteiger partial charge >= 0.3 is 18.1 Å². The second kappa shape index (κ2) is 26.2. The number of benzene rings is 1. The van der Waals surface area contributed by atoms with E-state index in [1.165, 1.54) is 0 Å². The summed E-state index contributed by atoms with van der Waals surface area (Å²) < 4.78 is 27.2. The SMILES string of the molecule is CC(C)(C)OC(=O)N[C@H](CC(=O)OCc1ccccc1)C(=O)NCCCOCCOCCOCCCNC(=O)CCCC[C@@H]1SCC[C@@H]1NC(N)=O. The maximum atomic E-state index is 12.8. The maximum absolute atomic E-state index is 12.8. The maximum Gasteiger partial charge on any atom is 0.408 e. The molecule has 0 aromatic heterocycles. The number of hydrogen-bond acceptors (Lipinski definition) is 11. The number of alkyl carbamates (subject to hydrolysis) is 1. The van der Waals surface area contributed by atoms with Crippen molar-refractivity contribution in [1.82, 2.24) is 21.3 Å². The average Bonchev–Trinajstić information content (AvgIpc) is 3.52. The summed E-state index contributed by atoms with van der Waals surface area (Å²) in [5, 5.41) is 11.3. The molecule has 1 aliphatic rings. The molecule has 16 heteroatoms. The molecule has 2 rings (SSSR count). The van der Waals surface area contributed by atoms with Crippen molar-refractivity contribution in [2.75, 3.05) is 58.5 Å². The largest absolute Gasteiger partial charge is 0.461 e. The van der Waals surface area contributed by atoms with Crippen molar-refractivity contribution < 1.29 is 47.7 Å². The molecule has 0 aliphatic carbocycles. The second-order valence-corrected chi connectivity index (χ2v) is 14.6. The summed E-state index contributed by atoms with van der Waals surface area (Å²) in [5.74, 6) is -0.113. The number of urea groups is 1. The lowest BCUT2D eigenvalue weighted by Crippen LogP contribution is -2.49. The van der Waals surface area contributed by atoms with E-state index in [0.717, 1.165) is 37.0 Å². The molecule has 294 valence electrons. The Morgan fingerprint density at radius 1 is 0.865 bits per heavy atom. The number of primary amides is 1. The highest BCUT2D eigenvalue weighted by atomic mass is 32.2. The van der Waals surface area contributed by atoms with Crippen LogP contribution in [0.1, 0.15) is 77.7 Å². The van der Waals surface area contributed by atoms with Gasteiger partial charge < -0.3 is 50.7 Å². The molecule has 0 saturated carbocycles. The van der Waals surface area contributed by atoms with Crippen LogP contribution in [0.25, 0.3) is 0 Å². The molecule has 52 heavy (non-hydrogen) atoms.